The Hall–Kier alpha value is -1.95. The predicted molar refractivity (Wildman–Crippen MR) is 88.6 cm³/mol. The molecule has 0 bridgehead atoms. The summed E-state index contributed by atoms with van der Waals surface area (Å²) in [5.41, 5.74) is 2.49. The van der Waals surface area contributed by atoms with E-state index in [1.54, 1.807) is 19.2 Å². The summed E-state index contributed by atoms with van der Waals surface area (Å²) >= 11 is 3.49. The maximum atomic E-state index is 12.5. The van der Waals surface area contributed by atoms with Gasteiger partial charge in [0, 0.05) is 23.3 Å². The largest absolute Gasteiger partial charge is 0.323 e. The summed E-state index contributed by atoms with van der Waals surface area (Å²) in [4.78, 5) is 22.6. The number of benzene rings is 1. The van der Waals surface area contributed by atoms with Crippen molar-refractivity contribution in [1.82, 2.24) is 14.9 Å². The highest BCUT2D eigenvalue weighted by atomic mass is 79.9. The maximum absolute atomic E-state index is 12.5. The molecule has 0 aliphatic carbocycles. The second kappa shape index (κ2) is 6.04. The van der Waals surface area contributed by atoms with Crippen LogP contribution >= 0.6 is 15.9 Å². The molecule has 0 spiro atoms. The fraction of sp³-hybridized carbons (Fsp3) is 0.312. The zero-order valence-electron chi connectivity index (χ0n) is 12.5. The summed E-state index contributed by atoms with van der Waals surface area (Å²) in [7, 11) is 0. The van der Waals surface area contributed by atoms with Gasteiger partial charge in [0.05, 0.1) is 0 Å². The fourth-order valence-corrected chi connectivity index (χ4v) is 3.10. The number of halogens is 1. The topological polar surface area (TPSA) is 58.1 Å². The molecule has 1 aromatic heterocycles. The molecule has 3 rings (SSSR count). The van der Waals surface area contributed by atoms with E-state index in [1.807, 2.05) is 11.0 Å². The summed E-state index contributed by atoms with van der Waals surface area (Å²) in [6.45, 7) is 4.47. The summed E-state index contributed by atoms with van der Waals surface area (Å²) < 4.78 is 1.03. The third-order valence-electron chi connectivity index (χ3n) is 3.83. The number of urea groups is 1. The van der Waals surface area contributed by atoms with Gasteiger partial charge in [-0.05, 0) is 49.6 Å². The Morgan fingerprint density at radius 2 is 2.18 bits per heavy atom. The number of carbonyl (C=O) groups is 1. The third-order valence-corrected chi connectivity index (χ3v) is 4.32. The summed E-state index contributed by atoms with van der Waals surface area (Å²) in [6, 6.07) is 7.97. The van der Waals surface area contributed by atoms with E-state index in [0.29, 0.717) is 18.2 Å². The van der Waals surface area contributed by atoms with Crippen LogP contribution in [0.1, 0.15) is 23.9 Å². The lowest BCUT2D eigenvalue weighted by atomic mass is 9.95. The minimum atomic E-state index is -0.128. The predicted octanol–water partition coefficient (Wildman–Crippen LogP) is 3.53. The van der Waals surface area contributed by atoms with Crippen LogP contribution in [0.15, 0.2) is 34.9 Å². The van der Waals surface area contributed by atoms with Gasteiger partial charge in [-0.1, -0.05) is 22.0 Å². The van der Waals surface area contributed by atoms with E-state index in [1.165, 1.54) is 11.1 Å². The summed E-state index contributed by atoms with van der Waals surface area (Å²) in [5.74, 6) is 1.17. The second-order valence-electron chi connectivity index (χ2n) is 5.51. The van der Waals surface area contributed by atoms with Gasteiger partial charge in [0.25, 0.3) is 0 Å². The van der Waals surface area contributed by atoms with Crippen LogP contribution in [0.25, 0.3) is 0 Å². The molecule has 1 aliphatic heterocycles. The van der Waals surface area contributed by atoms with Crippen LogP contribution < -0.4 is 5.32 Å². The first-order valence-corrected chi connectivity index (χ1v) is 7.97. The first-order valence-electron chi connectivity index (χ1n) is 7.17. The van der Waals surface area contributed by atoms with E-state index in [2.05, 4.69) is 50.3 Å². The van der Waals surface area contributed by atoms with Gasteiger partial charge in [0.15, 0.2) is 0 Å². The van der Waals surface area contributed by atoms with Crippen molar-refractivity contribution in [3.8, 4) is 0 Å². The number of nitrogens with zero attached hydrogens (tertiary/aromatic N) is 3. The Morgan fingerprint density at radius 3 is 2.95 bits per heavy atom. The molecule has 1 N–H and O–H groups in total. The Labute approximate surface area is 137 Å². The minimum absolute atomic E-state index is 0.128. The van der Waals surface area contributed by atoms with Gasteiger partial charge >= 0.3 is 6.03 Å². The van der Waals surface area contributed by atoms with Crippen molar-refractivity contribution < 1.29 is 4.79 Å². The highest BCUT2D eigenvalue weighted by molar-refractivity contribution is 9.10. The zero-order chi connectivity index (χ0) is 15.7. The van der Waals surface area contributed by atoms with Gasteiger partial charge in [-0.15, -0.1) is 0 Å². The van der Waals surface area contributed by atoms with Gasteiger partial charge in [-0.3, -0.25) is 5.32 Å². The van der Waals surface area contributed by atoms with Crippen molar-refractivity contribution in [3.63, 3.8) is 0 Å². The van der Waals surface area contributed by atoms with Crippen molar-refractivity contribution in [2.24, 2.45) is 0 Å². The van der Waals surface area contributed by atoms with Crippen LogP contribution in [-0.4, -0.2) is 26.9 Å². The van der Waals surface area contributed by atoms with Crippen LogP contribution in [0.2, 0.25) is 0 Å². The zero-order valence-corrected chi connectivity index (χ0v) is 14.1. The van der Waals surface area contributed by atoms with E-state index in [0.717, 1.165) is 10.9 Å². The molecule has 1 atom stereocenters. The van der Waals surface area contributed by atoms with E-state index in [-0.39, 0.29) is 12.1 Å². The average molecular weight is 361 g/mol. The first-order chi connectivity index (χ1) is 10.5. The SMILES string of the molecule is Cc1nccc(NC(=O)N2Cc3cc(Br)ccc3CC2C)n1. The second-order valence-corrected chi connectivity index (χ2v) is 6.43. The molecule has 0 radical (unpaired) electrons. The van der Waals surface area contributed by atoms with Crippen molar-refractivity contribution >= 4 is 27.8 Å². The summed E-state index contributed by atoms with van der Waals surface area (Å²) in [5, 5.41) is 2.85. The molecule has 6 heteroatoms. The number of hydrogen-bond acceptors (Lipinski definition) is 3. The molecule has 1 aromatic carbocycles. The Morgan fingerprint density at radius 1 is 1.36 bits per heavy atom. The molecular weight excluding hydrogens is 344 g/mol. The third kappa shape index (κ3) is 3.11. The molecule has 2 heterocycles. The lowest BCUT2D eigenvalue weighted by Crippen LogP contribution is -2.44. The molecule has 1 aliphatic rings. The fourth-order valence-electron chi connectivity index (χ4n) is 2.69. The molecule has 1 unspecified atom stereocenters. The van der Waals surface area contributed by atoms with Crippen LogP contribution in [0.3, 0.4) is 0 Å². The number of nitrogens with one attached hydrogen (secondary N) is 1. The molecule has 114 valence electrons. The molecular formula is C16H17BrN4O. The molecule has 0 saturated heterocycles. The van der Waals surface area contributed by atoms with E-state index >= 15 is 0 Å². The normalized spacial score (nSPS) is 17.0. The van der Waals surface area contributed by atoms with Gasteiger partial charge in [0.1, 0.15) is 11.6 Å². The Balaban J connectivity index is 1.78. The highest BCUT2D eigenvalue weighted by Gasteiger charge is 2.27. The number of anilines is 1. The number of fused-ring (bicyclic) bond motifs is 1. The molecule has 2 amide bonds. The molecule has 0 saturated carbocycles. The number of amides is 2. The van der Waals surface area contributed by atoms with E-state index in [9.17, 15) is 4.79 Å². The molecule has 0 fully saturated rings. The lowest BCUT2D eigenvalue weighted by Gasteiger charge is -2.34. The van der Waals surface area contributed by atoms with Crippen molar-refractivity contribution in [2.75, 3.05) is 5.32 Å². The quantitative estimate of drug-likeness (QED) is 0.846. The number of rotatable bonds is 1. The van der Waals surface area contributed by atoms with Crippen LogP contribution in [0.5, 0.6) is 0 Å². The molecule has 5 nitrogen and oxygen atoms in total. The first kappa shape index (κ1) is 15.0. The lowest BCUT2D eigenvalue weighted by molar-refractivity contribution is 0.182. The van der Waals surface area contributed by atoms with E-state index in [4.69, 9.17) is 0 Å². The van der Waals surface area contributed by atoms with E-state index < -0.39 is 0 Å². The van der Waals surface area contributed by atoms with Crippen LogP contribution in [0, 0.1) is 6.92 Å². The van der Waals surface area contributed by atoms with Crippen molar-refractivity contribution in [2.45, 2.75) is 32.9 Å². The molecule has 22 heavy (non-hydrogen) atoms. The number of aromatic nitrogens is 2. The average Bonchev–Trinajstić information content (AvgIpc) is 2.47. The van der Waals surface area contributed by atoms with Crippen molar-refractivity contribution in [1.29, 1.82) is 0 Å². The number of aryl methyl sites for hydroxylation is 1. The highest BCUT2D eigenvalue weighted by Crippen LogP contribution is 2.26. The van der Waals surface area contributed by atoms with Gasteiger partial charge in [0.2, 0.25) is 0 Å². The van der Waals surface area contributed by atoms with Gasteiger partial charge in [-0.25, -0.2) is 14.8 Å². The Kier molecular flexibility index (Phi) is 4.11. The van der Waals surface area contributed by atoms with Gasteiger partial charge < -0.3 is 4.90 Å². The Bertz CT molecular complexity index is 719. The standard InChI is InChI=1S/C16H17BrN4O/c1-10-7-12-3-4-14(17)8-13(12)9-21(10)16(22)20-15-5-6-18-11(2)19-15/h3-6,8,10H,7,9H2,1-2H3,(H,18,19,20,22). The number of hydrogen-bond donors (Lipinski definition) is 1. The molecule has 2 aromatic rings. The maximum Gasteiger partial charge on any atom is 0.323 e. The minimum Gasteiger partial charge on any atom is -0.317 e. The van der Waals surface area contributed by atoms with Gasteiger partial charge in [-0.2, -0.15) is 0 Å². The smallest absolute Gasteiger partial charge is 0.317 e. The number of carbonyl (C=O) groups excluding carboxylic acids is 1. The van der Waals surface area contributed by atoms with Crippen LogP contribution in [-0.2, 0) is 13.0 Å². The van der Waals surface area contributed by atoms with Crippen LogP contribution in [0.4, 0.5) is 10.6 Å². The summed E-state index contributed by atoms with van der Waals surface area (Å²) in [6.07, 6.45) is 2.50. The monoisotopic (exact) mass is 360 g/mol. The van der Waals surface area contributed by atoms with Crippen molar-refractivity contribution in [3.05, 3.63) is 51.9 Å².